The van der Waals surface area contributed by atoms with Crippen LogP contribution in [-0.4, -0.2) is 19.5 Å². The minimum absolute atomic E-state index is 0.336. The molecule has 1 aromatic rings. The normalized spacial score (nSPS) is 12.8. The van der Waals surface area contributed by atoms with Crippen molar-refractivity contribution in [1.29, 1.82) is 0 Å². The standard InChI is InChI=1S/C16H21ClO2S/c1-13(2)9-10-16(14(3)11-12-17)20(18,19)15-7-5-4-6-8-15/h4-9,16H,3,10-12H2,1-2H3. The molecule has 0 heterocycles. The van der Waals surface area contributed by atoms with Crippen molar-refractivity contribution in [3.05, 3.63) is 54.1 Å². The lowest BCUT2D eigenvalue weighted by atomic mass is 10.1. The Kier molecular flexibility index (Phi) is 6.50. The maximum Gasteiger partial charge on any atom is 0.185 e. The Morgan fingerprint density at radius 1 is 1.30 bits per heavy atom. The molecule has 110 valence electrons. The maximum absolute atomic E-state index is 12.7. The van der Waals surface area contributed by atoms with Crippen molar-refractivity contribution < 1.29 is 8.42 Å². The van der Waals surface area contributed by atoms with E-state index in [-0.39, 0.29) is 0 Å². The first-order valence-corrected chi connectivity index (χ1v) is 8.63. The van der Waals surface area contributed by atoms with E-state index in [1.54, 1.807) is 30.3 Å². The molecule has 20 heavy (non-hydrogen) atoms. The number of rotatable bonds is 7. The van der Waals surface area contributed by atoms with Crippen LogP contribution in [0, 0.1) is 0 Å². The Morgan fingerprint density at radius 3 is 2.40 bits per heavy atom. The molecular weight excluding hydrogens is 292 g/mol. The summed E-state index contributed by atoms with van der Waals surface area (Å²) in [4.78, 5) is 0.336. The number of alkyl halides is 1. The van der Waals surface area contributed by atoms with E-state index in [1.165, 1.54) is 0 Å². The van der Waals surface area contributed by atoms with Crippen molar-refractivity contribution in [2.45, 2.75) is 36.8 Å². The molecule has 1 aromatic carbocycles. The molecular formula is C16H21ClO2S. The van der Waals surface area contributed by atoms with Crippen molar-refractivity contribution in [2.75, 3.05) is 5.88 Å². The van der Waals surface area contributed by atoms with Gasteiger partial charge in [0.25, 0.3) is 0 Å². The lowest BCUT2D eigenvalue weighted by molar-refractivity contribution is 0.585. The molecule has 0 fully saturated rings. The van der Waals surface area contributed by atoms with Gasteiger partial charge < -0.3 is 0 Å². The fourth-order valence-corrected chi connectivity index (χ4v) is 3.93. The molecule has 1 rings (SSSR count). The third-order valence-electron chi connectivity index (χ3n) is 3.06. The van der Waals surface area contributed by atoms with E-state index in [0.717, 1.165) is 5.57 Å². The highest BCUT2D eigenvalue weighted by molar-refractivity contribution is 7.92. The minimum atomic E-state index is -3.42. The summed E-state index contributed by atoms with van der Waals surface area (Å²) in [7, 11) is -3.42. The number of benzene rings is 1. The van der Waals surface area contributed by atoms with Crippen LogP contribution in [0.15, 0.2) is 59.0 Å². The second-order valence-electron chi connectivity index (χ2n) is 4.96. The summed E-state index contributed by atoms with van der Waals surface area (Å²) < 4.78 is 25.5. The third-order valence-corrected chi connectivity index (χ3v) is 5.45. The van der Waals surface area contributed by atoms with Gasteiger partial charge >= 0.3 is 0 Å². The molecule has 0 radical (unpaired) electrons. The van der Waals surface area contributed by atoms with E-state index in [2.05, 4.69) is 6.58 Å². The van der Waals surface area contributed by atoms with Gasteiger partial charge in [0.05, 0.1) is 10.1 Å². The molecule has 1 atom stereocenters. The second-order valence-corrected chi connectivity index (χ2v) is 7.47. The molecule has 0 aliphatic heterocycles. The van der Waals surface area contributed by atoms with Crippen molar-refractivity contribution in [2.24, 2.45) is 0 Å². The number of halogens is 1. The molecule has 0 amide bonds. The molecule has 0 spiro atoms. The maximum atomic E-state index is 12.7. The van der Waals surface area contributed by atoms with Crippen LogP contribution in [0.1, 0.15) is 26.7 Å². The van der Waals surface area contributed by atoms with Crippen molar-refractivity contribution in [1.82, 2.24) is 0 Å². The number of sulfone groups is 1. The zero-order valence-electron chi connectivity index (χ0n) is 12.0. The molecule has 0 N–H and O–H groups in total. The SMILES string of the molecule is C=C(CCCl)C(CC=C(C)C)S(=O)(=O)c1ccccc1. The first-order valence-electron chi connectivity index (χ1n) is 6.55. The molecule has 4 heteroatoms. The van der Waals surface area contributed by atoms with Crippen LogP contribution < -0.4 is 0 Å². The molecule has 0 aromatic heterocycles. The summed E-state index contributed by atoms with van der Waals surface area (Å²) in [5, 5.41) is -0.612. The topological polar surface area (TPSA) is 34.1 Å². The predicted molar refractivity (Wildman–Crippen MR) is 85.9 cm³/mol. The van der Waals surface area contributed by atoms with Gasteiger partial charge in [-0.05, 0) is 38.8 Å². The van der Waals surface area contributed by atoms with Crippen LogP contribution >= 0.6 is 11.6 Å². The van der Waals surface area contributed by atoms with Gasteiger partial charge in [-0.25, -0.2) is 8.42 Å². The fourth-order valence-electron chi connectivity index (χ4n) is 1.91. The van der Waals surface area contributed by atoms with Crippen LogP contribution in [0.2, 0.25) is 0 Å². The summed E-state index contributed by atoms with van der Waals surface area (Å²) in [5.41, 5.74) is 1.76. The summed E-state index contributed by atoms with van der Waals surface area (Å²) in [6.45, 7) is 7.83. The molecule has 2 nitrogen and oxygen atoms in total. The number of hydrogen-bond donors (Lipinski definition) is 0. The first kappa shape index (κ1) is 17.0. The third kappa shape index (κ3) is 4.50. The smallest absolute Gasteiger partial charge is 0.185 e. The highest BCUT2D eigenvalue weighted by Crippen LogP contribution is 2.26. The Morgan fingerprint density at radius 2 is 1.90 bits per heavy atom. The van der Waals surface area contributed by atoms with E-state index >= 15 is 0 Å². The first-order chi connectivity index (χ1) is 9.39. The van der Waals surface area contributed by atoms with Crippen LogP contribution in [0.25, 0.3) is 0 Å². The van der Waals surface area contributed by atoms with Gasteiger partial charge in [-0.1, -0.05) is 42.0 Å². The van der Waals surface area contributed by atoms with Gasteiger partial charge in [-0.15, -0.1) is 11.6 Å². The monoisotopic (exact) mass is 312 g/mol. The molecule has 0 saturated heterocycles. The molecule has 0 aliphatic carbocycles. The van der Waals surface area contributed by atoms with Gasteiger partial charge in [0, 0.05) is 5.88 Å². The van der Waals surface area contributed by atoms with E-state index in [4.69, 9.17) is 11.6 Å². The van der Waals surface area contributed by atoms with E-state index in [9.17, 15) is 8.42 Å². The average molecular weight is 313 g/mol. The van der Waals surface area contributed by atoms with Crippen LogP contribution in [0.5, 0.6) is 0 Å². The molecule has 0 aliphatic rings. The molecule has 1 unspecified atom stereocenters. The Bertz CT molecular complexity index is 570. The van der Waals surface area contributed by atoms with Gasteiger partial charge in [-0.2, -0.15) is 0 Å². The van der Waals surface area contributed by atoms with Gasteiger partial charge in [0.15, 0.2) is 9.84 Å². The second kappa shape index (κ2) is 7.65. The average Bonchev–Trinajstić information content (AvgIpc) is 2.39. The number of hydrogen-bond acceptors (Lipinski definition) is 2. The van der Waals surface area contributed by atoms with Crippen molar-refractivity contribution >= 4 is 21.4 Å². The minimum Gasteiger partial charge on any atom is -0.223 e. The van der Waals surface area contributed by atoms with Gasteiger partial charge in [-0.3, -0.25) is 0 Å². The van der Waals surface area contributed by atoms with E-state index in [0.29, 0.717) is 29.2 Å². The number of allylic oxidation sites excluding steroid dienone is 2. The van der Waals surface area contributed by atoms with Crippen LogP contribution in [0.3, 0.4) is 0 Å². The summed E-state index contributed by atoms with van der Waals surface area (Å²) in [5.74, 6) is 0.383. The lowest BCUT2D eigenvalue weighted by Crippen LogP contribution is -2.23. The molecule has 0 bridgehead atoms. The van der Waals surface area contributed by atoms with Gasteiger partial charge in [0.1, 0.15) is 0 Å². The zero-order chi connectivity index (χ0) is 15.2. The summed E-state index contributed by atoms with van der Waals surface area (Å²) in [6, 6.07) is 8.51. The van der Waals surface area contributed by atoms with Crippen molar-refractivity contribution in [3.63, 3.8) is 0 Å². The Balaban J connectivity index is 3.15. The quantitative estimate of drug-likeness (QED) is 0.553. The van der Waals surface area contributed by atoms with Crippen LogP contribution in [0.4, 0.5) is 0 Å². The fraction of sp³-hybridized carbons (Fsp3) is 0.375. The van der Waals surface area contributed by atoms with E-state index in [1.807, 2.05) is 19.9 Å². The summed E-state index contributed by atoms with van der Waals surface area (Å²) >= 11 is 5.73. The van der Waals surface area contributed by atoms with Crippen LogP contribution in [-0.2, 0) is 9.84 Å². The lowest BCUT2D eigenvalue weighted by Gasteiger charge is -2.18. The van der Waals surface area contributed by atoms with E-state index < -0.39 is 15.1 Å². The Labute approximate surface area is 127 Å². The molecule has 0 saturated carbocycles. The summed E-state index contributed by atoms with van der Waals surface area (Å²) in [6.07, 6.45) is 2.88. The van der Waals surface area contributed by atoms with Gasteiger partial charge in [0.2, 0.25) is 0 Å². The largest absolute Gasteiger partial charge is 0.223 e. The highest BCUT2D eigenvalue weighted by atomic mass is 35.5. The predicted octanol–water partition coefficient (Wildman–Crippen LogP) is 4.37. The Hall–Kier alpha value is -1.06. The highest BCUT2D eigenvalue weighted by Gasteiger charge is 2.28. The zero-order valence-corrected chi connectivity index (χ0v) is 13.5. The van der Waals surface area contributed by atoms with Crippen molar-refractivity contribution in [3.8, 4) is 0 Å².